The van der Waals surface area contributed by atoms with E-state index in [1.54, 1.807) is 25.1 Å². The SMILES string of the molecule is CCOc1ccc(N2CCCCS2(=O)=O)cc1S(=O)(=O)Nc1ccccc1C(C)C. The number of nitrogens with zero attached hydrogens (tertiary/aromatic N) is 1. The van der Waals surface area contributed by atoms with Gasteiger partial charge in [-0.1, -0.05) is 32.0 Å². The second-order valence-electron chi connectivity index (χ2n) is 7.51. The smallest absolute Gasteiger partial charge is 0.265 e. The third kappa shape index (κ3) is 4.73. The largest absolute Gasteiger partial charge is 0.492 e. The Kier molecular flexibility index (Phi) is 6.62. The van der Waals surface area contributed by atoms with Crippen LogP contribution in [0.2, 0.25) is 0 Å². The van der Waals surface area contributed by atoms with Gasteiger partial charge in [0.2, 0.25) is 10.0 Å². The third-order valence-electron chi connectivity index (χ3n) is 4.98. The number of ether oxygens (including phenoxy) is 1. The molecule has 30 heavy (non-hydrogen) atoms. The Morgan fingerprint density at radius 1 is 1.13 bits per heavy atom. The normalized spacial score (nSPS) is 16.5. The Balaban J connectivity index is 2.06. The molecule has 1 aliphatic heterocycles. The lowest BCUT2D eigenvalue weighted by molar-refractivity contribution is 0.331. The van der Waals surface area contributed by atoms with Crippen LogP contribution in [0, 0.1) is 0 Å². The first-order valence-electron chi connectivity index (χ1n) is 10.0. The minimum absolute atomic E-state index is 0.0578. The molecule has 1 N–H and O–H groups in total. The molecule has 0 amide bonds. The van der Waals surface area contributed by atoms with Gasteiger partial charge in [-0.25, -0.2) is 16.8 Å². The first-order valence-corrected chi connectivity index (χ1v) is 13.1. The molecule has 9 heteroatoms. The van der Waals surface area contributed by atoms with Gasteiger partial charge in [0.25, 0.3) is 10.0 Å². The summed E-state index contributed by atoms with van der Waals surface area (Å²) in [6.07, 6.45) is 1.34. The molecule has 2 aromatic rings. The monoisotopic (exact) mass is 452 g/mol. The Hall–Kier alpha value is -2.26. The van der Waals surface area contributed by atoms with Crippen LogP contribution in [0.5, 0.6) is 5.75 Å². The van der Waals surface area contributed by atoms with E-state index >= 15 is 0 Å². The van der Waals surface area contributed by atoms with Crippen molar-refractivity contribution < 1.29 is 21.6 Å². The summed E-state index contributed by atoms with van der Waals surface area (Å²) in [7, 11) is -7.48. The summed E-state index contributed by atoms with van der Waals surface area (Å²) < 4.78 is 61.1. The van der Waals surface area contributed by atoms with E-state index < -0.39 is 20.0 Å². The van der Waals surface area contributed by atoms with Gasteiger partial charge in [-0.2, -0.15) is 0 Å². The molecule has 1 fully saturated rings. The molecule has 0 radical (unpaired) electrons. The van der Waals surface area contributed by atoms with Gasteiger partial charge in [0.1, 0.15) is 10.6 Å². The Morgan fingerprint density at radius 3 is 2.53 bits per heavy atom. The van der Waals surface area contributed by atoms with Crippen molar-refractivity contribution in [3.63, 3.8) is 0 Å². The average molecular weight is 453 g/mol. The Bertz CT molecular complexity index is 1110. The van der Waals surface area contributed by atoms with Crippen LogP contribution in [0.1, 0.15) is 45.1 Å². The zero-order valence-electron chi connectivity index (χ0n) is 17.5. The van der Waals surface area contributed by atoms with Crippen molar-refractivity contribution in [1.29, 1.82) is 0 Å². The molecule has 0 unspecified atom stereocenters. The van der Waals surface area contributed by atoms with Crippen LogP contribution in [-0.2, 0) is 20.0 Å². The highest BCUT2D eigenvalue weighted by Crippen LogP contribution is 2.34. The number of sulfonamides is 2. The molecule has 2 aromatic carbocycles. The summed E-state index contributed by atoms with van der Waals surface area (Å²) in [6.45, 7) is 6.36. The molecule has 3 rings (SSSR count). The zero-order valence-corrected chi connectivity index (χ0v) is 19.1. The summed E-state index contributed by atoms with van der Waals surface area (Å²) in [6, 6.07) is 11.7. The molecule has 1 aliphatic rings. The van der Waals surface area contributed by atoms with Gasteiger partial charge in [0.05, 0.1) is 23.7 Å². The van der Waals surface area contributed by atoms with Crippen molar-refractivity contribution >= 4 is 31.4 Å². The lowest BCUT2D eigenvalue weighted by Gasteiger charge is -2.29. The van der Waals surface area contributed by atoms with Crippen molar-refractivity contribution in [1.82, 2.24) is 0 Å². The third-order valence-corrected chi connectivity index (χ3v) is 8.24. The fourth-order valence-corrected chi connectivity index (χ4v) is 6.39. The second kappa shape index (κ2) is 8.85. The van der Waals surface area contributed by atoms with Crippen LogP contribution >= 0.6 is 0 Å². The van der Waals surface area contributed by atoms with E-state index in [4.69, 9.17) is 4.74 Å². The average Bonchev–Trinajstić information content (AvgIpc) is 2.68. The van der Waals surface area contributed by atoms with Gasteiger partial charge in [-0.05, 0) is 55.5 Å². The standard InChI is InChI=1S/C21H28N2O5S2/c1-4-28-20-12-11-17(23-13-7-8-14-29(23,24)25)15-21(20)30(26,27)22-19-10-6-5-9-18(19)16(2)3/h5-6,9-12,15-16,22H,4,7-8,13-14H2,1-3H3. The highest BCUT2D eigenvalue weighted by atomic mass is 32.2. The summed E-state index contributed by atoms with van der Waals surface area (Å²) in [5.41, 5.74) is 1.69. The fraction of sp³-hybridized carbons (Fsp3) is 0.429. The first-order chi connectivity index (χ1) is 14.2. The second-order valence-corrected chi connectivity index (χ2v) is 11.2. The van der Waals surface area contributed by atoms with Crippen LogP contribution in [0.4, 0.5) is 11.4 Å². The van der Waals surface area contributed by atoms with Crippen molar-refractivity contribution in [2.75, 3.05) is 27.9 Å². The van der Waals surface area contributed by atoms with Crippen molar-refractivity contribution in [2.45, 2.75) is 44.4 Å². The van der Waals surface area contributed by atoms with Crippen LogP contribution < -0.4 is 13.8 Å². The molecule has 0 atom stereocenters. The zero-order chi connectivity index (χ0) is 21.9. The molecule has 164 valence electrons. The molecule has 1 saturated heterocycles. The molecule has 0 spiro atoms. The van der Waals surface area contributed by atoms with E-state index in [-0.39, 0.29) is 28.9 Å². The van der Waals surface area contributed by atoms with Crippen LogP contribution in [0.25, 0.3) is 0 Å². The number of anilines is 2. The summed E-state index contributed by atoms with van der Waals surface area (Å²) in [4.78, 5) is -0.0822. The molecular formula is C21H28N2O5S2. The number of nitrogens with one attached hydrogen (secondary N) is 1. The van der Waals surface area contributed by atoms with Crippen LogP contribution in [0.15, 0.2) is 47.4 Å². The number of para-hydroxylation sites is 1. The summed E-state index contributed by atoms with van der Waals surface area (Å²) in [5.74, 6) is 0.368. The van der Waals surface area contributed by atoms with E-state index in [2.05, 4.69) is 4.72 Å². The van der Waals surface area contributed by atoms with E-state index in [0.29, 0.717) is 24.3 Å². The van der Waals surface area contributed by atoms with E-state index in [1.807, 2.05) is 26.0 Å². The lowest BCUT2D eigenvalue weighted by Crippen LogP contribution is -2.38. The van der Waals surface area contributed by atoms with E-state index in [1.165, 1.54) is 16.4 Å². The molecule has 1 heterocycles. The lowest BCUT2D eigenvalue weighted by atomic mass is 10.0. The fourth-order valence-electron chi connectivity index (χ4n) is 3.51. The minimum atomic E-state index is -4.02. The maximum absolute atomic E-state index is 13.3. The number of hydrogen-bond donors (Lipinski definition) is 1. The maximum atomic E-state index is 13.3. The highest BCUT2D eigenvalue weighted by Gasteiger charge is 2.29. The van der Waals surface area contributed by atoms with Crippen LogP contribution in [0.3, 0.4) is 0 Å². The quantitative estimate of drug-likeness (QED) is 0.687. The minimum Gasteiger partial charge on any atom is -0.492 e. The van der Waals surface area contributed by atoms with Gasteiger partial charge in [0.15, 0.2) is 0 Å². The molecule has 7 nitrogen and oxygen atoms in total. The number of rotatable bonds is 7. The Labute approximate surface area is 179 Å². The topological polar surface area (TPSA) is 92.8 Å². The van der Waals surface area contributed by atoms with Gasteiger partial charge in [0, 0.05) is 6.54 Å². The molecule has 0 aromatic heterocycles. The van der Waals surface area contributed by atoms with Crippen molar-refractivity contribution in [3.8, 4) is 5.75 Å². The van der Waals surface area contributed by atoms with Gasteiger partial charge >= 0.3 is 0 Å². The molecule has 0 saturated carbocycles. The molecular weight excluding hydrogens is 424 g/mol. The van der Waals surface area contributed by atoms with E-state index in [9.17, 15) is 16.8 Å². The highest BCUT2D eigenvalue weighted by molar-refractivity contribution is 7.93. The van der Waals surface area contributed by atoms with Crippen LogP contribution in [-0.4, -0.2) is 35.7 Å². The predicted molar refractivity (Wildman–Crippen MR) is 119 cm³/mol. The Morgan fingerprint density at radius 2 is 1.87 bits per heavy atom. The first kappa shape index (κ1) is 22.4. The van der Waals surface area contributed by atoms with Crippen molar-refractivity contribution in [2.24, 2.45) is 0 Å². The van der Waals surface area contributed by atoms with Gasteiger partial charge in [-0.3, -0.25) is 9.03 Å². The van der Waals surface area contributed by atoms with Crippen molar-refractivity contribution in [3.05, 3.63) is 48.0 Å². The van der Waals surface area contributed by atoms with E-state index in [0.717, 1.165) is 12.0 Å². The molecule has 0 bridgehead atoms. The summed E-state index contributed by atoms with van der Waals surface area (Å²) in [5, 5.41) is 0. The predicted octanol–water partition coefficient (Wildman–Crippen LogP) is 3.94. The van der Waals surface area contributed by atoms with Gasteiger partial charge in [-0.15, -0.1) is 0 Å². The maximum Gasteiger partial charge on any atom is 0.265 e. The molecule has 0 aliphatic carbocycles. The number of benzene rings is 2. The van der Waals surface area contributed by atoms with Gasteiger partial charge < -0.3 is 4.74 Å². The number of hydrogen-bond acceptors (Lipinski definition) is 5. The summed E-state index contributed by atoms with van der Waals surface area (Å²) >= 11 is 0.